The lowest BCUT2D eigenvalue weighted by Crippen LogP contribution is -2.40. The van der Waals surface area contributed by atoms with Crippen LogP contribution < -0.4 is 5.73 Å². The van der Waals surface area contributed by atoms with Crippen molar-refractivity contribution in [2.24, 2.45) is 0 Å². The molecular formula is C18H18BrN3O4. The molecule has 1 aliphatic rings. The van der Waals surface area contributed by atoms with Crippen LogP contribution in [0.5, 0.6) is 0 Å². The van der Waals surface area contributed by atoms with E-state index in [1.807, 2.05) is 0 Å². The normalized spacial score (nSPS) is 14.2. The number of halogens is 1. The summed E-state index contributed by atoms with van der Waals surface area (Å²) in [5.74, 6) is -0.621. The zero-order chi connectivity index (χ0) is 18.7. The lowest BCUT2D eigenvalue weighted by Gasteiger charge is -2.27. The Kier molecular flexibility index (Phi) is 5.53. The molecule has 2 aromatic rings. The summed E-state index contributed by atoms with van der Waals surface area (Å²) in [4.78, 5) is 30.7. The first-order valence-corrected chi connectivity index (χ1v) is 8.82. The molecule has 1 aromatic heterocycles. The molecule has 0 spiro atoms. The third-order valence-corrected chi connectivity index (χ3v) is 4.52. The number of anilines is 1. The molecular weight excluding hydrogens is 402 g/mol. The van der Waals surface area contributed by atoms with E-state index in [2.05, 4.69) is 20.9 Å². The number of rotatable bonds is 3. The third-order valence-electron chi connectivity index (χ3n) is 4.11. The Morgan fingerprint density at radius 3 is 2.69 bits per heavy atom. The number of ether oxygens (including phenoxy) is 2. The molecule has 2 N–H and O–H groups in total. The van der Waals surface area contributed by atoms with Crippen LogP contribution in [0.4, 0.5) is 5.69 Å². The number of methoxy groups -OCH3 is 1. The van der Waals surface area contributed by atoms with E-state index in [-0.39, 0.29) is 17.2 Å². The highest BCUT2D eigenvalue weighted by atomic mass is 79.9. The number of nitrogen functional groups attached to an aromatic ring is 1. The molecule has 136 valence electrons. The van der Waals surface area contributed by atoms with Crippen molar-refractivity contribution < 1.29 is 19.1 Å². The summed E-state index contributed by atoms with van der Waals surface area (Å²) >= 11 is 3.29. The summed E-state index contributed by atoms with van der Waals surface area (Å²) in [6.45, 7) is 2.20. The first-order valence-electron chi connectivity index (χ1n) is 8.03. The van der Waals surface area contributed by atoms with E-state index in [1.54, 1.807) is 29.2 Å². The van der Waals surface area contributed by atoms with E-state index in [1.165, 1.54) is 13.2 Å². The second-order valence-electron chi connectivity index (χ2n) is 5.73. The second kappa shape index (κ2) is 7.84. The largest absolute Gasteiger partial charge is 0.465 e. The van der Waals surface area contributed by atoms with Crippen molar-refractivity contribution in [1.29, 1.82) is 0 Å². The summed E-state index contributed by atoms with van der Waals surface area (Å²) in [7, 11) is 1.29. The van der Waals surface area contributed by atoms with Gasteiger partial charge in [0.2, 0.25) is 0 Å². The van der Waals surface area contributed by atoms with Crippen molar-refractivity contribution in [2.75, 3.05) is 39.1 Å². The van der Waals surface area contributed by atoms with Crippen LogP contribution >= 0.6 is 15.9 Å². The number of esters is 1. The molecule has 26 heavy (non-hydrogen) atoms. The smallest absolute Gasteiger partial charge is 0.340 e. The fourth-order valence-electron chi connectivity index (χ4n) is 2.77. The molecule has 0 saturated carbocycles. The maximum absolute atomic E-state index is 12.7. The second-order valence-corrected chi connectivity index (χ2v) is 6.54. The van der Waals surface area contributed by atoms with Crippen LogP contribution in [0.25, 0.3) is 11.3 Å². The van der Waals surface area contributed by atoms with Gasteiger partial charge in [0.1, 0.15) is 4.60 Å². The van der Waals surface area contributed by atoms with Gasteiger partial charge in [0.05, 0.1) is 37.3 Å². The number of nitrogens with two attached hydrogens (primary N) is 1. The molecule has 0 radical (unpaired) electrons. The first-order chi connectivity index (χ1) is 12.5. The standard InChI is InChI=1S/C18H18BrN3O4/c1-25-18(24)13-10-14(19)21-16(15(13)20)11-3-2-4-12(9-11)17(23)22-5-7-26-8-6-22/h2-4,9-10H,5-8,20H2,1H3. The van der Waals surface area contributed by atoms with Crippen molar-refractivity contribution in [3.05, 3.63) is 46.1 Å². The van der Waals surface area contributed by atoms with Crippen molar-refractivity contribution in [2.45, 2.75) is 0 Å². The molecule has 0 bridgehead atoms. The average molecular weight is 420 g/mol. The minimum absolute atomic E-state index is 0.0723. The van der Waals surface area contributed by atoms with Gasteiger partial charge in [0, 0.05) is 24.2 Å². The quantitative estimate of drug-likeness (QED) is 0.605. The van der Waals surface area contributed by atoms with Gasteiger partial charge in [-0.3, -0.25) is 4.79 Å². The molecule has 3 rings (SSSR count). The maximum Gasteiger partial charge on any atom is 0.340 e. The SMILES string of the molecule is COC(=O)c1cc(Br)nc(-c2cccc(C(=O)N3CCOCC3)c2)c1N. The monoisotopic (exact) mass is 419 g/mol. The molecule has 8 heteroatoms. The Morgan fingerprint density at radius 2 is 2.00 bits per heavy atom. The van der Waals surface area contributed by atoms with Crippen LogP contribution in [-0.2, 0) is 9.47 Å². The lowest BCUT2D eigenvalue weighted by molar-refractivity contribution is 0.0303. The number of aromatic nitrogens is 1. The summed E-state index contributed by atoms with van der Waals surface area (Å²) in [6.07, 6.45) is 0. The van der Waals surface area contributed by atoms with E-state index in [4.69, 9.17) is 15.2 Å². The molecule has 2 heterocycles. The van der Waals surface area contributed by atoms with E-state index in [0.29, 0.717) is 47.7 Å². The van der Waals surface area contributed by atoms with Gasteiger partial charge in [-0.1, -0.05) is 12.1 Å². The zero-order valence-corrected chi connectivity index (χ0v) is 15.8. The van der Waals surface area contributed by atoms with Crippen LogP contribution in [0, 0.1) is 0 Å². The molecule has 0 aliphatic carbocycles. The summed E-state index contributed by atoms with van der Waals surface area (Å²) in [6, 6.07) is 8.54. The van der Waals surface area contributed by atoms with Crippen molar-refractivity contribution in [1.82, 2.24) is 9.88 Å². The number of carbonyl (C=O) groups excluding carboxylic acids is 2. The predicted molar refractivity (Wildman–Crippen MR) is 99.8 cm³/mol. The number of hydrogen-bond acceptors (Lipinski definition) is 6. The van der Waals surface area contributed by atoms with Crippen LogP contribution in [0.2, 0.25) is 0 Å². The summed E-state index contributed by atoms with van der Waals surface area (Å²) in [5, 5.41) is 0. The molecule has 0 atom stereocenters. The molecule has 7 nitrogen and oxygen atoms in total. The topological polar surface area (TPSA) is 94.8 Å². The number of amides is 1. The fraction of sp³-hybridized carbons (Fsp3) is 0.278. The van der Waals surface area contributed by atoms with Crippen molar-refractivity contribution in [3.8, 4) is 11.3 Å². The van der Waals surface area contributed by atoms with Crippen molar-refractivity contribution >= 4 is 33.5 Å². The van der Waals surface area contributed by atoms with Gasteiger partial charge in [-0.2, -0.15) is 0 Å². The minimum Gasteiger partial charge on any atom is -0.465 e. The number of benzene rings is 1. The average Bonchev–Trinajstić information content (AvgIpc) is 2.69. The highest BCUT2D eigenvalue weighted by Crippen LogP contribution is 2.30. The molecule has 1 saturated heterocycles. The summed E-state index contributed by atoms with van der Waals surface area (Å²) in [5.41, 5.74) is 8.15. The third kappa shape index (κ3) is 3.71. The maximum atomic E-state index is 12.7. The summed E-state index contributed by atoms with van der Waals surface area (Å²) < 4.78 is 10.5. The molecule has 1 aliphatic heterocycles. The Balaban J connectivity index is 1.99. The van der Waals surface area contributed by atoms with Crippen LogP contribution in [0.1, 0.15) is 20.7 Å². The number of morpholine rings is 1. The van der Waals surface area contributed by atoms with Gasteiger partial charge >= 0.3 is 5.97 Å². The van der Waals surface area contributed by atoms with Crippen molar-refractivity contribution in [3.63, 3.8) is 0 Å². The zero-order valence-electron chi connectivity index (χ0n) is 14.2. The molecule has 1 amide bonds. The number of pyridine rings is 1. The van der Waals surface area contributed by atoms with E-state index < -0.39 is 5.97 Å². The highest BCUT2D eigenvalue weighted by Gasteiger charge is 2.21. The Hall–Kier alpha value is -2.45. The van der Waals surface area contributed by atoms with Gasteiger partial charge in [-0.05, 0) is 34.1 Å². The van der Waals surface area contributed by atoms with E-state index in [0.717, 1.165) is 0 Å². The van der Waals surface area contributed by atoms with E-state index >= 15 is 0 Å². The van der Waals surface area contributed by atoms with Gasteiger partial charge in [-0.25, -0.2) is 9.78 Å². The van der Waals surface area contributed by atoms with E-state index in [9.17, 15) is 9.59 Å². The molecule has 0 unspecified atom stereocenters. The van der Waals surface area contributed by atoms with Gasteiger partial charge in [0.25, 0.3) is 5.91 Å². The van der Waals surface area contributed by atoms with Crippen LogP contribution in [0.15, 0.2) is 34.9 Å². The van der Waals surface area contributed by atoms with Crippen LogP contribution in [0.3, 0.4) is 0 Å². The van der Waals surface area contributed by atoms with Gasteiger partial charge in [-0.15, -0.1) is 0 Å². The lowest BCUT2D eigenvalue weighted by atomic mass is 10.0. The minimum atomic E-state index is -0.549. The molecule has 1 aromatic carbocycles. The number of nitrogens with zero attached hydrogens (tertiary/aromatic N) is 2. The highest BCUT2D eigenvalue weighted by molar-refractivity contribution is 9.10. The van der Waals surface area contributed by atoms with Gasteiger partial charge < -0.3 is 20.1 Å². The Bertz CT molecular complexity index is 850. The molecule has 1 fully saturated rings. The van der Waals surface area contributed by atoms with Gasteiger partial charge in [0.15, 0.2) is 0 Å². The Labute approximate surface area is 159 Å². The number of hydrogen-bond donors (Lipinski definition) is 1. The fourth-order valence-corrected chi connectivity index (χ4v) is 3.18. The Morgan fingerprint density at radius 1 is 1.27 bits per heavy atom. The number of carbonyl (C=O) groups is 2. The predicted octanol–water partition coefficient (Wildman–Crippen LogP) is 2.35. The first kappa shape index (κ1) is 18.3. The van der Waals surface area contributed by atoms with Crippen LogP contribution in [-0.4, -0.2) is 55.2 Å².